The van der Waals surface area contributed by atoms with Crippen molar-refractivity contribution in [1.29, 1.82) is 0 Å². The summed E-state index contributed by atoms with van der Waals surface area (Å²) in [5.41, 5.74) is 1.74. The highest BCUT2D eigenvalue weighted by Crippen LogP contribution is 2.29. The number of fused-ring (bicyclic) bond motifs is 1. The van der Waals surface area contributed by atoms with Gasteiger partial charge in [-0.2, -0.15) is 8.78 Å². The summed E-state index contributed by atoms with van der Waals surface area (Å²) in [6, 6.07) is 6.71. The van der Waals surface area contributed by atoms with Crippen LogP contribution in [0, 0.1) is 0 Å². The van der Waals surface area contributed by atoms with Gasteiger partial charge in [0.15, 0.2) is 5.16 Å². The molecule has 7 heteroatoms. The van der Waals surface area contributed by atoms with Crippen LogP contribution >= 0.6 is 11.8 Å². The first kappa shape index (κ1) is 17.5. The average molecular weight is 339 g/mol. The van der Waals surface area contributed by atoms with Crippen LogP contribution in [-0.2, 0) is 4.79 Å². The lowest BCUT2D eigenvalue weighted by Crippen LogP contribution is -2.33. The fourth-order valence-corrected chi connectivity index (χ4v) is 3.15. The van der Waals surface area contributed by atoms with Crippen molar-refractivity contribution in [1.82, 2.24) is 14.5 Å². The average Bonchev–Trinajstić information content (AvgIpc) is 2.88. The molecule has 0 radical (unpaired) electrons. The maximum absolute atomic E-state index is 13.3. The van der Waals surface area contributed by atoms with E-state index in [0.29, 0.717) is 24.1 Å². The minimum Gasteiger partial charge on any atom is -0.338 e. The van der Waals surface area contributed by atoms with E-state index in [2.05, 4.69) is 11.6 Å². The molecule has 0 aliphatic heterocycles. The molecule has 0 aliphatic rings. The van der Waals surface area contributed by atoms with Crippen LogP contribution < -0.4 is 0 Å². The van der Waals surface area contributed by atoms with Crippen LogP contribution in [0.25, 0.3) is 11.0 Å². The zero-order valence-electron chi connectivity index (χ0n) is 13.1. The van der Waals surface area contributed by atoms with E-state index in [1.165, 1.54) is 0 Å². The van der Waals surface area contributed by atoms with Crippen molar-refractivity contribution in [2.24, 2.45) is 0 Å². The molecule has 0 saturated carbocycles. The van der Waals surface area contributed by atoms with Crippen LogP contribution in [0.3, 0.4) is 0 Å². The van der Waals surface area contributed by atoms with E-state index in [1.54, 1.807) is 29.2 Å². The number of carbonyl (C=O) groups excluding carboxylic acids is 1. The number of thioether (sulfide) groups is 1. The monoisotopic (exact) mass is 339 g/mol. The van der Waals surface area contributed by atoms with Gasteiger partial charge in [0.25, 0.3) is 0 Å². The minimum atomic E-state index is -2.70. The molecule has 1 amide bonds. The summed E-state index contributed by atoms with van der Waals surface area (Å²) >= 11 is 1.03. The van der Waals surface area contributed by atoms with Crippen molar-refractivity contribution < 1.29 is 13.6 Å². The van der Waals surface area contributed by atoms with Crippen molar-refractivity contribution in [3.05, 3.63) is 36.4 Å². The lowest BCUT2D eigenvalue weighted by atomic mass is 10.3. The Morgan fingerprint density at radius 1 is 1.43 bits per heavy atom. The number of hydrogen-bond acceptors (Lipinski definition) is 3. The van der Waals surface area contributed by atoms with Crippen molar-refractivity contribution in [2.75, 3.05) is 18.8 Å². The van der Waals surface area contributed by atoms with E-state index < -0.39 is 6.55 Å². The lowest BCUT2D eigenvalue weighted by Gasteiger charge is -2.20. The second kappa shape index (κ2) is 7.59. The Hall–Kier alpha value is -1.89. The first-order chi connectivity index (χ1) is 10.9. The number of imidazole rings is 1. The van der Waals surface area contributed by atoms with Gasteiger partial charge in [-0.15, -0.1) is 0 Å². The molecule has 0 fully saturated rings. The van der Waals surface area contributed by atoms with Gasteiger partial charge in [0, 0.05) is 13.1 Å². The fraction of sp³-hybridized carbons (Fsp3) is 0.375. The highest BCUT2D eigenvalue weighted by Gasteiger charge is 2.20. The van der Waals surface area contributed by atoms with Gasteiger partial charge in [0.1, 0.15) is 0 Å². The molecule has 23 heavy (non-hydrogen) atoms. The molecule has 124 valence electrons. The van der Waals surface area contributed by atoms with Crippen molar-refractivity contribution >= 4 is 28.7 Å². The van der Waals surface area contributed by atoms with Gasteiger partial charge in [0.2, 0.25) is 5.91 Å². The number of benzene rings is 1. The van der Waals surface area contributed by atoms with Crippen molar-refractivity contribution in [2.45, 2.75) is 25.6 Å². The Morgan fingerprint density at radius 2 is 2.13 bits per heavy atom. The molecule has 0 aliphatic carbocycles. The smallest absolute Gasteiger partial charge is 0.321 e. The van der Waals surface area contributed by atoms with Crippen LogP contribution in [0.15, 0.2) is 41.6 Å². The maximum Gasteiger partial charge on any atom is 0.321 e. The molecule has 0 atom stereocenters. The fourth-order valence-electron chi connectivity index (χ4n) is 2.23. The van der Waals surface area contributed by atoms with Gasteiger partial charge in [0.05, 0.1) is 16.8 Å². The summed E-state index contributed by atoms with van der Waals surface area (Å²) in [4.78, 5) is 18.1. The number of alkyl halides is 2. The number of aromatic nitrogens is 2. The first-order valence-electron chi connectivity index (χ1n) is 7.24. The quantitative estimate of drug-likeness (QED) is 0.566. The van der Waals surface area contributed by atoms with E-state index in [0.717, 1.165) is 21.9 Å². The van der Waals surface area contributed by atoms with Crippen molar-refractivity contribution in [3.63, 3.8) is 0 Å². The molecule has 0 N–H and O–H groups in total. The Labute approximate surface area is 138 Å². The van der Waals surface area contributed by atoms with Crippen LogP contribution in [-0.4, -0.2) is 39.2 Å². The molecule has 1 heterocycles. The zero-order valence-corrected chi connectivity index (χ0v) is 13.9. The Morgan fingerprint density at radius 3 is 2.74 bits per heavy atom. The van der Waals surface area contributed by atoms with E-state index >= 15 is 0 Å². The van der Waals surface area contributed by atoms with Crippen LogP contribution in [0.1, 0.15) is 20.4 Å². The number of rotatable bonds is 7. The van der Waals surface area contributed by atoms with Crippen molar-refractivity contribution in [3.8, 4) is 0 Å². The summed E-state index contributed by atoms with van der Waals surface area (Å²) in [5, 5.41) is 0.154. The Kier molecular flexibility index (Phi) is 5.76. The molecule has 1 aromatic carbocycles. The summed E-state index contributed by atoms with van der Waals surface area (Å²) in [7, 11) is 0. The lowest BCUT2D eigenvalue weighted by molar-refractivity contribution is -0.127. The topological polar surface area (TPSA) is 38.1 Å². The minimum absolute atomic E-state index is 0.0666. The van der Waals surface area contributed by atoms with E-state index in [-0.39, 0.29) is 16.8 Å². The highest BCUT2D eigenvalue weighted by atomic mass is 32.2. The van der Waals surface area contributed by atoms with Gasteiger partial charge in [-0.1, -0.05) is 36.0 Å². The van der Waals surface area contributed by atoms with E-state index in [1.807, 2.05) is 13.8 Å². The zero-order chi connectivity index (χ0) is 17.0. The standard InChI is InChI=1S/C16H19F2N3OS/c1-4-20(9-11(2)3)14(22)10-23-16-19-12-7-5-6-8-13(12)21(16)15(17)18/h5-8,15H,2,4,9-10H2,1,3H3. The van der Waals surface area contributed by atoms with Gasteiger partial charge in [-0.3, -0.25) is 9.36 Å². The largest absolute Gasteiger partial charge is 0.338 e. The number of nitrogens with zero attached hydrogens (tertiary/aromatic N) is 3. The molecule has 2 rings (SSSR count). The molecule has 0 unspecified atom stereocenters. The number of hydrogen-bond donors (Lipinski definition) is 0. The molecule has 1 aromatic heterocycles. The molecule has 4 nitrogen and oxygen atoms in total. The summed E-state index contributed by atoms with van der Waals surface area (Å²) in [5.74, 6) is -0.0506. The predicted octanol–water partition coefficient (Wildman–Crippen LogP) is 3.95. The second-order valence-corrected chi connectivity index (χ2v) is 6.13. The Bertz CT molecular complexity index is 714. The number of amides is 1. The van der Waals surface area contributed by atoms with Crippen LogP contribution in [0.4, 0.5) is 8.78 Å². The number of likely N-dealkylation sites (N-methyl/N-ethyl adjacent to an activating group) is 1. The summed E-state index contributed by atoms with van der Waals surface area (Å²) in [6.45, 7) is 5.84. The molecule has 0 spiro atoms. The number of halogens is 2. The Balaban J connectivity index is 2.17. The van der Waals surface area contributed by atoms with Gasteiger partial charge in [-0.25, -0.2) is 4.98 Å². The van der Waals surface area contributed by atoms with Gasteiger partial charge in [-0.05, 0) is 26.0 Å². The molecular formula is C16H19F2N3OS. The second-order valence-electron chi connectivity index (χ2n) is 5.18. The molecular weight excluding hydrogens is 320 g/mol. The number of para-hydroxylation sites is 2. The normalized spacial score (nSPS) is 11.2. The predicted molar refractivity (Wildman–Crippen MR) is 88.8 cm³/mol. The van der Waals surface area contributed by atoms with Gasteiger partial charge < -0.3 is 4.90 Å². The van der Waals surface area contributed by atoms with Gasteiger partial charge >= 0.3 is 6.55 Å². The summed E-state index contributed by atoms with van der Waals surface area (Å²) < 4.78 is 27.5. The summed E-state index contributed by atoms with van der Waals surface area (Å²) in [6.07, 6.45) is 0. The third-order valence-corrected chi connectivity index (χ3v) is 4.22. The highest BCUT2D eigenvalue weighted by molar-refractivity contribution is 7.99. The molecule has 2 aromatic rings. The maximum atomic E-state index is 13.3. The first-order valence-corrected chi connectivity index (χ1v) is 8.22. The molecule has 0 saturated heterocycles. The van der Waals surface area contributed by atoms with Crippen LogP contribution in [0.5, 0.6) is 0 Å². The van der Waals surface area contributed by atoms with Crippen LogP contribution in [0.2, 0.25) is 0 Å². The van der Waals surface area contributed by atoms with E-state index in [9.17, 15) is 13.6 Å². The molecule has 0 bridgehead atoms. The van der Waals surface area contributed by atoms with E-state index in [4.69, 9.17) is 0 Å². The third-order valence-electron chi connectivity index (χ3n) is 3.28. The number of carbonyl (C=O) groups is 1. The SMILES string of the molecule is C=C(C)CN(CC)C(=O)CSc1nc2ccccc2n1C(F)F. The third kappa shape index (κ3) is 4.10.